The van der Waals surface area contributed by atoms with Crippen LogP contribution < -0.4 is 4.90 Å². The normalized spacial score (nSPS) is 16.2. The quantitative estimate of drug-likeness (QED) is 0.599. The van der Waals surface area contributed by atoms with Gasteiger partial charge in [-0.3, -0.25) is 9.69 Å². The Bertz CT molecular complexity index is 735. The van der Waals surface area contributed by atoms with E-state index in [1.54, 1.807) is 23.5 Å². The smallest absolute Gasteiger partial charge is 0.241 e. The molecule has 144 valence electrons. The molecular formula is C21H25ClN2OS2. The minimum Gasteiger partial charge on any atom is -0.303 e. The maximum Gasteiger partial charge on any atom is 0.241 e. The van der Waals surface area contributed by atoms with Crippen LogP contribution in [0.25, 0.3) is 0 Å². The summed E-state index contributed by atoms with van der Waals surface area (Å²) in [6.45, 7) is 3.54. The molecule has 1 amide bonds. The molecule has 2 aliphatic rings. The Hall–Kier alpha value is -1.14. The lowest BCUT2D eigenvalue weighted by molar-refractivity contribution is -0.115. The molecule has 0 unspecified atom stereocenters. The molecule has 3 nitrogen and oxygen atoms in total. The number of para-hydroxylation sites is 2. The minimum atomic E-state index is 0. The lowest BCUT2D eigenvalue weighted by Crippen LogP contribution is -2.32. The Morgan fingerprint density at radius 1 is 0.926 bits per heavy atom. The molecule has 0 N–H and O–H groups in total. The molecule has 1 saturated heterocycles. The van der Waals surface area contributed by atoms with Crippen LogP contribution in [0.3, 0.4) is 0 Å². The molecule has 27 heavy (non-hydrogen) atoms. The van der Waals surface area contributed by atoms with Crippen LogP contribution in [0.5, 0.6) is 0 Å². The van der Waals surface area contributed by atoms with Crippen LogP contribution in [0.2, 0.25) is 0 Å². The summed E-state index contributed by atoms with van der Waals surface area (Å²) in [5.74, 6) is 1.73. The van der Waals surface area contributed by atoms with Gasteiger partial charge < -0.3 is 4.90 Å². The van der Waals surface area contributed by atoms with Crippen molar-refractivity contribution in [2.24, 2.45) is 0 Å². The first-order valence-corrected chi connectivity index (χ1v) is 11.3. The number of carbonyl (C=O) groups excluding carboxylic acids is 1. The number of carbonyl (C=O) groups is 1. The second-order valence-electron chi connectivity index (χ2n) is 6.72. The highest BCUT2D eigenvalue weighted by Crippen LogP contribution is 2.47. The molecule has 0 saturated carbocycles. The largest absolute Gasteiger partial charge is 0.303 e. The van der Waals surface area contributed by atoms with E-state index in [2.05, 4.69) is 29.2 Å². The SMILES string of the molecule is Cl.O=C(CSCCN1CCCCC1)N1c2ccccc2Sc2ccccc21. The lowest BCUT2D eigenvalue weighted by atomic mass is 10.1. The number of halogens is 1. The molecule has 0 aromatic heterocycles. The van der Waals surface area contributed by atoms with Gasteiger partial charge in [-0.15, -0.1) is 12.4 Å². The van der Waals surface area contributed by atoms with E-state index in [1.165, 1.54) is 32.4 Å². The first-order valence-electron chi connectivity index (χ1n) is 9.32. The predicted octanol–water partition coefficient (Wildman–Crippen LogP) is 5.46. The van der Waals surface area contributed by atoms with Gasteiger partial charge in [-0.2, -0.15) is 11.8 Å². The van der Waals surface area contributed by atoms with Crippen LogP contribution in [-0.4, -0.2) is 41.9 Å². The summed E-state index contributed by atoms with van der Waals surface area (Å²) in [5.41, 5.74) is 2.02. The second-order valence-corrected chi connectivity index (χ2v) is 8.91. The maximum absolute atomic E-state index is 13.1. The summed E-state index contributed by atoms with van der Waals surface area (Å²) in [5, 5.41) is 0. The fraction of sp³-hybridized carbons (Fsp3) is 0.381. The van der Waals surface area contributed by atoms with Gasteiger partial charge in [-0.25, -0.2) is 0 Å². The highest BCUT2D eigenvalue weighted by atomic mass is 35.5. The van der Waals surface area contributed by atoms with E-state index in [1.807, 2.05) is 29.2 Å². The van der Waals surface area contributed by atoms with Crippen molar-refractivity contribution in [2.75, 3.05) is 36.0 Å². The number of nitrogens with zero attached hydrogens (tertiary/aromatic N) is 2. The zero-order chi connectivity index (χ0) is 17.8. The Morgan fingerprint density at radius 2 is 1.52 bits per heavy atom. The monoisotopic (exact) mass is 420 g/mol. The third-order valence-electron chi connectivity index (χ3n) is 4.91. The Balaban J connectivity index is 0.00000210. The number of anilines is 2. The first kappa shape index (κ1) is 20.6. The maximum atomic E-state index is 13.1. The number of rotatable bonds is 5. The lowest BCUT2D eigenvalue weighted by Gasteiger charge is -2.31. The van der Waals surface area contributed by atoms with Crippen LogP contribution in [0.15, 0.2) is 58.3 Å². The van der Waals surface area contributed by atoms with Crippen molar-refractivity contribution in [2.45, 2.75) is 29.1 Å². The zero-order valence-corrected chi connectivity index (χ0v) is 17.8. The summed E-state index contributed by atoms with van der Waals surface area (Å²) in [7, 11) is 0. The van der Waals surface area contributed by atoms with Crippen LogP contribution in [0.1, 0.15) is 19.3 Å². The molecular weight excluding hydrogens is 396 g/mol. The fourth-order valence-corrected chi connectivity index (χ4v) is 5.47. The highest BCUT2D eigenvalue weighted by molar-refractivity contribution is 8.00. The predicted molar refractivity (Wildman–Crippen MR) is 119 cm³/mol. The third kappa shape index (κ3) is 4.83. The molecule has 2 heterocycles. The van der Waals surface area contributed by atoms with E-state index >= 15 is 0 Å². The average molecular weight is 421 g/mol. The van der Waals surface area contributed by atoms with Gasteiger partial charge in [-0.05, 0) is 50.2 Å². The number of hydrogen-bond acceptors (Lipinski definition) is 4. The van der Waals surface area contributed by atoms with E-state index in [9.17, 15) is 4.79 Å². The molecule has 2 aromatic rings. The van der Waals surface area contributed by atoms with E-state index in [0.717, 1.165) is 33.5 Å². The van der Waals surface area contributed by atoms with Gasteiger partial charge in [0.1, 0.15) is 0 Å². The third-order valence-corrected chi connectivity index (χ3v) is 6.96. The van der Waals surface area contributed by atoms with Crippen molar-refractivity contribution >= 4 is 53.2 Å². The average Bonchev–Trinajstić information content (AvgIpc) is 2.70. The summed E-state index contributed by atoms with van der Waals surface area (Å²) in [4.78, 5) is 19.8. The molecule has 0 radical (unpaired) electrons. The zero-order valence-electron chi connectivity index (χ0n) is 15.3. The fourth-order valence-electron chi connectivity index (χ4n) is 3.57. The van der Waals surface area contributed by atoms with Gasteiger partial charge >= 0.3 is 0 Å². The van der Waals surface area contributed by atoms with Crippen LogP contribution in [0.4, 0.5) is 11.4 Å². The second kappa shape index (κ2) is 9.87. The standard InChI is InChI=1S/C21H24N2OS2.ClH/c24-21(16-25-15-14-22-12-6-1-7-13-22)23-17-8-2-4-10-19(17)26-20-11-5-3-9-18(20)23;/h2-5,8-11H,1,6-7,12-16H2;1H. The van der Waals surface area contributed by atoms with E-state index in [-0.39, 0.29) is 18.3 Å². The van der Waals surface area contributed by atoms with Gasteiger partial charge in [0.25, 0.3) is 0 Å². The van der Waals surface area contributed by atoms with E-state index in [0.29, 0.717) is 5.75 Å². The van der Waals surface area contributed by atoms with Crippen molar-refractivity contribution in [3.63, 3.8) is 0 Å². The van der Waals surface area contributed by atoms with Crippen molar-refractivity contribution in [3.05, 3.63) is 48.5 Å². The molecule has 0 atom stereocenters. The van der Waals surface area contributed by atoms with Crippen molar-refractivity contribution in [1.82, 2.24) is 4.90 Å². The topological polar surface area (TPSA) is 23.6 Å². The minimum absolute atomic E-state index is 0. The molecule has 2 aliphatic heterocycles. The number of hydrogen-bond donors (Lipinski definition) is 0. The van der Waals surface area contributed by atoms with Gasteiger partial charge in [0, 0.05) is 22.1 Å². The number of benzene rings is 2. The first-order chi connectivity index (χ1) is 12.8. The van der Waals surface area contributed by atoms with Gasteiger partial charge in [0.15, 0.2) is 0 Å². The Kier molecular flexibility index (Phi) is 7.53. The number of fused-ring (bicyclic) bond motifs is 2. The van der Waals surface area contributed by atoms with Crippen LogP contribution in [-0.2, 0) is 4.79 Å². The molecule has 4 rings (SSSR count). The van der Waals surface area contributed by atoms with E-state index in [4.69, 9.17) is 0 Å². The molecule has 0 bridgehead atoms. The van der Waals surface area contributed by atoms with Crippen molar-refractivity contribution < 1.29 is 4.79 Å². The summed E-state index contributed by atoms with van der Waals surface area (Å²) >= 11 is 3.50. The van der Waals surface area contributed by atoms with E-state index < -0.39 is 0 Å². The summed E-state index contributed by atoms with van der Waals surface area (Å²) in [6.07, 6.45) is 4.01. The number of likely N-dealkylation sites (tertiary alicyclic amines) is 1. The number of amides is 1. The van der Waals surface area contributed by atoms with Gasteiger partial charge in [-0.1, -0.05) is 42.4 Å². The molecule has 2 aromatic carbocycles. The van der Waals surface area contributed by atoms with Gasteiger partial charge in [0.2, 0.25) is 5.91 Å². The van der Waals surface area contributed by atoms with Crippen molar-refractivity contribution in [1.29, 1.82) is 0 Å². The van der Waals surface area contributed by atoms with Crippen molar-refractivity contribution in [3.8, 4) is 0 Å². The van der Waals surface area contributed by atoms with Crippen LogP contribution >= 0.6 is 35.9 Å². The van der Waals surface area contributed by atoms with Crippen LogP contribution in [0, 0.1) is 0 Å². The number of thioether (sulfide) groups is 1. The Labute approximate surface area is 176 Å². The highest BCUT2D eigenvalue weighted by Gasteiger charge is 2.27. The molecule has 0 spiro atoms. The molecule has 1 fully saturated rings. The van der Waals surface area contributed by atoms with Gasteiger partial charge in [0.05, 0.1) is 17.1 Å². The summed E-state index contributed by atoms with van der Waals surface area (Å²) in [6, 6.07) is 16.4. The Morgan fingerprint density at radius 3 is 2.15 bits per heavy atom. The number of piperidine rings is 1. The molecule has 0 aliphatic carbocycles. The summed E-state index contributed by atoms with van der Waals surface area (Å²) < 4.78 is 0. The molecule has 6 heteroatoms.